The third-order valence-electron chi connectivity index (χ3n) is 3.65. The van der Waals surface area contributed by atoms with Crippen molar-refractivity contribution in [3.05, 3.63) is 17.0 Å². The van der Waals surface area contributed by atoms with E-state index in [9.17, 15) is 4.79 Å². The minimum absolute atomic E-state index is 0.0677. The number of hydrogen-bond donors (Lipinski definition) is 3. The molecule has 1 saturated carbocycles. The lowest BCUT2D eigenvalue weighted by Gasteiger charge is -2.22. The molecule has 3 N–H and O–H groups in total. The molecule has 18 heavy (non-hydrogen) atoms. The van der Waals surface area contributed by atoms with Crippen LogP contribution in [0.2, 0.25) is 0 Å². The van der Waals surface area contributed by atoms with Crippen LogP contribution in [0.3, 0.4) is 0 Å². The maximum Gasteiger partial charge on any atom is 0.315 e. The van der Waals surface area contributed by atoms with Crippen LogP contribution >= 0.6 is 0 Å². The highest BCUT2D eigenvalue weighted by Crippen LogP contribution is 2.17. The van der Waals surface area contributed by atoms with Gasteiger partial charge in [0, 0.05) is 23.8 Å². The van der Waals surface area contributed by atoms with Crippen molar-refractivity contribution in [2.24, 2.45) is 0 Å². The lowest BCUT2D eigenvalue weighted by Crippen LogP contribution is -2.42. The SMILES string of the molecule is Cc1n[nH]c(C)c1CNC(=O)NC1CCCCC1. The summed E-state index contributed by atoms with van der Waals surface area (Å²) in [4.78, 5) is 11.8. The Labute approximate surface area is 108 Å². The Morgan fingerprint density at radius 3 is 2.67 bits per heavy atom. The van der Waals surface area contributed by atoms with Gasteiger partial charge >= 0.3 is 6.03 Å². The Morgan fingerprint density at radius 2 is 2.06 bits per heavy atom. The molecule has 1 aliphatic carbocycles. The van der Waals surface area contributed by atoms with Gasteiger partial charge < -0.3 is 10.6 Å². The molecule has 2 amide bonds. The summed E-state index contributed by atoms with van der Waals surface area (Å²) in [5.74, 6) is 0. The molecule has 100 valence electrons. The number of nitrogens with one attached hydrogen (secondary N) is 3. The number of carbonyl (C=O) groups excluding carboxylic acids is 1. The molecule has 0 unspecified atom stereocenters. The van der Waals surface area contributed by atoms with Crippen LogP contribution in [-0.4, -0.2) is 22.3 Å². The zero-order valence-electron chi connectivity index (χ0n) is 11.2. The fourth-order valence-electron chi connectivity index (χ4n) is 2.49. The summed E-state index contributed by atoms with van der Waals surface area (Å²) in [5.41, 5.74) is 3.05. The van der Waals surface area contributed by atoms with E-state index in [-0.39, 0.29) is 6.03 Å². The van der Waals surface area contributed by atoms with Crippen molar-refractivity contribution in [1.29, 1.82) is 0 Å². The Kier molecular flexibility index (Phi) is 4.23. The van der Waals surface area contributed by atoms with Gasteiger partial charge in [0.05, 0.1) is 5.69 Å². The van der Waals surface area contributed by atoms with E-state index in [1.807, 2.05) is 13.8 Å². The monoisotopic (exact) mass is 250 g/mol. The smallest absolute Gasteiger partial charge is 0.315 e. The van der Waals surface area contributed by atoms with E-state index in [2.05, 4.69) is 20.8 Å². The average Bonchev–Trinajstić information content (AvgIpc) is 2.68. The number of aryl methyl sites for hydroxylation is 2. The fourth-order valence-corrected chi connectivity index (χ4v) is 2.49. The van der Waals surface area contributed by atoms with Crippen LogP contribution in [0.4, 0.5) is 4.79 Å². The van der Waals surface area contributed by atoms with E-state index in [4.69, 9.17) is 0 Å². The first-order valence-corrected chi connectivity index (χ1v) is 6.71. The number of carbonyl (C=O) groups is 1. The Morgan fingerprint density at radius 1 is 1.33 bits per heavy atom. The van der Waals surface area contributed by atoms with Gasteiger partial charge in [-0.05, 0) is 26.7 Å². The molecule has 1 aromatic rings. The highest BCUT2D eigenvalue weighted by atomic mass is 16.2. The topological polar surface area (TPSA) is 69.8 Å². The van der Waals surface area contributed by atoms with Crippen LogP contribution in [0.15, 0.2) is 0 Å². The third kappa shape index (κ3) is 3.24. The number of urea groups is 1. The Balaban J connectivity index is 1.77. The van der Waals surface area contributed by atoms with Gasteiger partial charge in [0.2, 0.25) is 0 Å². The molecular formula is C13H22N4O. The molecular weight excluding hydrogens is 228 g/mol. The summed E-state index contributed by atoms with van der Waals surface area (Å²) in [7, 11) is 0. The van der Waals surface area contributed by atoms with E-state index in [1.54, 1.807) is 0 Å². The molecule has 0 atom stereocenters. The maximum absolute atomic E-state index is 11.8. The van der Waals surface area contributed by atoms with Crippen LogP contribution in [0.1, 0.15) is 49.1 Å². The van der Waals surface area contributed by atoms with Crippen molar-refractivity contribution in [1.82, 2.24) is 20.8 Å². The van der Waals surface area contributed by atoms with Crippen molar-refractivity contribution in [3.8, 4) is 0 Å². The first-order chi connectivity index (χ1) is 8.66. The molecule has 0 aromatic carbocycles. The number of amides is 2. The van der Waals surface area contributed by atoms with Crippen molar-refractivity contribution >= 4 is 6.03 Å². The molecule has 1 fully saturated rings. The second-order valence-electron chi connectivity index (χ2n) is 5.07. The zero-order chi connectivity index (χ0) is 13.0. The number of rotatable bonds is 3. The molecule has 1 aliphatic rings. The van der Waals surface area contributed by atoms with Crippen molar-refractivity contribution in [2.75, 3.05) is 0 Å². The molecule has 1 heterocycles. The predicted octanol–water partition coefficient (Wildman–Crippen LogP) is 2.16. The van der Waals surface area contributed by atoms with E-state index in [0.717, 1.165) is 29.8 Å². The van der Waals surface area contributed by atoms with Gasteiger partial charge in [-0.1, -0.05) is 19.3 Å². The van der Waals surface area contributed by atoms with Gasteiger partial charge in [-0.25, -0.2) is 4.79 Å². The predicted molar refractivity (Wildman–Crippen MR) is 70.3 cm³/mol. The summed E-state index contributed by atoms with van der Waals surface area (Å²) < 4.78 is 0. The first-order valence-electron chi connectivity index (χ1n) is 6.71. The average molecular weight is 250 g/mol. The van der Waals surface area contributed by atoms with E-state index < -0.39 is 0 Å². The number of aromatic amines is 1. The lowest BCUT2D eigenvalue weighted by atomic mass is 9.96. The number of aromatic nitrogens is 2. The zero-order valence-corrected chi connectivity index (χ0v) is 11.2. The highest BCUT2D eigenvalue weighted by molar-refractivity contribution is 5.74. The van der Waals surface area contributed by atoms with Gasteiger partial charge in [-0.15, -0.1) is 0 Å². The lowest BCUT2D eigenvalue weighted by molar-refractivity contribution is 0.232. The second kappa shape index (κ2) is 5.89. The van der Waals surface area contributed by atoms with Crippen LogP contribution in [0.5, 0.6) is 0 Å². The fraction of sp³-hybridized carbons (Fsp3) is 0.692. The summed E-state index contributed by atoms with van der Waals surface area (Å²) in [6.07, 6.45) is 5.97. The van der Waals surface area contributed by atoms with Crippen LogP contribution in [-0.2, 0) is 6.54 Å². The molecule has 5 heteroatoms. The van der Waals surface area contributed by atoms with Gasteiger partial charge in [0.15, 0.2) is 0 Å². The standard InChI is InChI=1S/C13H22N4O/c1-9-12(10(2)17-16-9)8-14-13(18)15-11-6-4-3-5-7-11/h11H,3-8H2,1-2H3,(H,16,17)(H2,14,15,18). The normalized spacial score (nSPS) is 16.6. The summed E-state index contributed by atoms with van der Waals surface area (Å²) >= 11 is 0. The van der Waals surface area contributed by atoms with Gasteiger partial charge in [-0.2, -0.15) is 5.10 Å². The van der Waals surface area contributed by atoms with E-state index in [1.165, 1.54) is 19.3 Å². The largest absolute Gasteiger partial charge is 0.335 e. The Bertz CT molecular complexity index is 388. The van der Waals surface area contributed by atoms with Crippen LogP contribution in [0, 0.1) is 13.8 Å². The molecule has 0 aliphatic heterocycles. The van der Waals surface area contributed by atoms with Gasteiger partial charge in [0.25, 0.3) is 0 Å². The summed E-state index contributed by atoms with van der Waals surface area (Å²) in [5, 5.41) is 13.0. The molecule has 2 rings (SSSR count). The molecule has 0 bridgehead atoms. The molecule has 0 saturated heterocycles. The first kappa shape index (κ1) is 12.9. The van der Waals surface area contributed by atoms with Gasteiger partial charge in [-0.3, -0.25) is 5.10 Å². The minimum Gasteiger partial charge on any atom is -0.335 e. The number of hydrogen-bond acceptors (Lipinski definition) is 2. The number of nitrogens with zero attached hydrogens (tertiary/aromatic N) is 1. The van der Waals surface area contributed by atoms with Crippen LogP contribution in [0.25, 0.3) is 0 Å². The number of H-pyrrole nitrogens is 1. The quantitative estimate of drug-likeness (QED) is 0.769. The highest BCUT2D eigenvalue weighted by Gasteiger charge is 2.15. The second-order valence-corrected chi connectivity index (χ2v) is 5.07. The Hall–Kier alpha value is -1.52. The molecule has 0 spiro atoms. The third-order valence-corrected chi connectivity index (χ3v) is 3.65. The molecule has 1 aromatic heterocycles. The molecule has 0 radical (unpaired) electrons. The van der Waals surface area contributed by atoms with Crippen molar-refractivity contribution in [3.63, 3.8) is 0 Å². The molecule has 5 nitrogen and oxygen atoms in total. The van der Waals surface area contributed by atoms with Crippen molar-refractivity contribution in [2.45, 2.75) is 58.5 Å². The van der Waals surface area contributed by atoms with E-state index >= 15 is 0 Å². The maximum atomic E-state index is 11.8. The van der Waals surface area contributed by atoms with Crippen molar-refractivity contribution < 1.29 is 4.79 Å². The van der Waals surface area contributed by atoms with Gasteiger partial charge in [0.1, 0.15) is 0 Å². The van der Waals surface area contributed by atoms with E-state index in [0.29, 0.717) is 12.6 Å². The van der Waals surface area contributed by atoms with Crippen LogP contribution < -0.4 is 10.6 Å². The summed E-state index contributed by atoms with van der Waals surface area (Å²) in [6, 6.07) is 0.284. The summed E-state index contributed by atoms with van der Waals surface area (Å²) in [6.45, 7) is 4.45. The minimum atomic E-state index is -0.0677.